The summed E-state index contributed by atoms with van der Waals surface area (Å²) in [6.07, 6.45) is 12.0. The van der Waals surface area contributed by atoms with Crippen LogP contribution in [0.2, 0.25) is 0 Å². The topological polar surface area (TPSA) is 262 Å². The number of benzene rings is 2. The molecule has 5 atom stereocenters. The molecule has 23 heteroatoms. The van der Waals surface area contributed by atoms with Gasteiger partial charge in [0.2, 0.25) is 23.6 Å². The van der Waals surface area contributed by atoms with Crippen molar-refractivity contribution in [3.8, 4) is 21.9 Å². The van der Waals surface area contributed by atoms with Gasteiger partial charge in [-0.05, 0) is 67.0 Å². The number of carbonyl (C=O) groups is 5. The molecule has 3 aliphatic heterocycles. The smallest absolute Gasteiger partial charge is 0.246 e. The summed E-state index contributed by atoms with van der Waals surface area (Å²) >= 11 is 1.57. The Kier molecular flexibility index (Phi) is 28.1. The summed E-state index contributed by atoms with van der Waals surface area (Å²) in [6.45, 7) is 14.1. The number of likely N-dealkylation sites (tertiary alicyclic amines) is 2. The maximum absolute atomic E-state index is 13.9. The van der Waals surface area contributed by atoms with Crippen LogP contribution >= 0.6 is 11.3 Å². The van der Waals surface area contributed by atoms with Crippen molar-refractivity contribution < 1.29 is 67.3 Å². The van der Waals surface area contributed by atoms with Crippen LogP contribution in [0.1, 0.15) is 100 Å². The lowest BCUT2D eigenvalue weighted by molar-refractivity contribution is -0.144. The highest BCUT2D eigenvalue weighted by atomic mass is 32.1. The molecule has 0 unspecified atom stereocenters. The van der Waals surface area contributed by atoms with Crippen LogP contribution in [0.5, 0.6) is 11.5 Å². The number of carbonyl (C=O) groups excluding carboxylic acids is 5. The number of anilines is 1. The van der Waals surface area contributed by atoms with Crippen molar-refractivity contribution >= 4 is 46.6 Å². The molecule has 5 heterocycles. The summed E-state index contributed by atoms with van der Waals surface area (Å²) in [7, 11) is 0. The number of para-hydroxylation sites is 1. The van der Waals surface area contributed by atoms with Gasteiger partial charge in [-0.15, -0.1) is 11.3 Å². The average molecular weight is 1230 g/mol. The van der Waals surface area contributed by atoms with Gasteiger partial charge < -0.3 is 74.0 Å². The summed E-state index contributed by atoms with van der Waals surface area (Å²) < 4.78 is 39.3. The van der Waals surface area contributed by atoms with Gasteiger partial charge in [-0.25, -0.2) is 9.97 Å². The summed E-state index contributed by atoms with van der Waals surface area (Å²) in [4.78, 5) is 81.1. The minimum atomic E-state index is -0.969. The first-order valence-corrected chi connectivity index (χ1v) is 31.4. The number of hydrogen-bond acceptors (Lipinski definition) is 19. The fourth-order valence-electron chi connectivity index (χ4n) is 10.6. The molecule has 7 rings (SSSR count). The zero-order chi connectivity index (χ0) is 61.8. The number of fused-ring (bicyclic) bond motifs is 2. The van der Waals surface area contributed by atoms with E-state index >= 15 is 0 Å². The Morgan fingerprint density at radius 1 is 0.713 bits per heavy atom. The van der Waals surface area contributed by atoms with E-state index in [9.17, 15) is 34.2 Å². The lowest BCUT2D eigenvalue weighted by Crippen LogP contribution is -2.58. The number of piperazine rings is 1. The number of β-amino-alcohol motifs (C(OH)–C–C–N with tert-alkyl or cyclic N) is 1. The van der Waals surface area contributed by atoms with E-state index in [1.165, 1.54) is 11.0 Å². The Bertz CT molecular complexity index is 2780. The van der Waals surface area contributed by atoms with Gasteiger partial charge in [0, 0.05) is 69.9 Å². The van der Waals surface area contributed by atoms with Crippen LogP contribution in [0.25, 0.3) is 10.4 Å². The predicted molar refractivity (Wildman–Crippen MR) is 329 cm³/mol. The van der Waals surface area contributed by atoms with E-state index in [2.05, 4.69) is 35.7 Å². The standard InChI is InChI=1S/C64H90N8O14S/c1-46-60(87-45-68-46)48-18-16-47(17-19-48)39-67-62(78)54-38-51(73)43-72(54)63(79)61(64(2,3)4)69-59(77)44-85-36-35-84-34-33-83-32-31-82-30-29-81-28-27-80-26-23-65-58(76)15-9-7-5-6-8-12-25-86-52-20-21-57(66-40-52)71-42-49-37-50(71)41-70(49)24-22-56(75)53-13-10-11-14-55(53)74/h10-11,13-14,16-22,24,40,45,49-51,54,61,73-74H,5-9,12,15,23,25-39,41-44H2,1-4H3,(H,65,76)(H,67,78)(H,69,77)/b24-22+/t49-,50-,51-,54+,61-/m1/s1. The van der Waals surface area contributed by atoms with E-state index in [-0.39, 0.29) is 62.7 Å². The lowest BCUT2D eigenvalue weighted by Gasteiger charge is -2.35. The molecule has 4 aromatic rings. The number of amides is 4. The van der Waals surface area contributed by atoms with Crippen LogP contribution < -0.4 is 25.6 Å². The highest BCUT2D eigenvalue weighted by Crippen LogP contribution is 2.35. The number of aromatic nitrogens is 2. The predicted octanol–water partition coefficient (Wildman–Crippen LogP) is 6.01. The van der Waals surface area contributed by atoms with E-state index in [0.717, 1.165) is 91.3 Å². The molecule has 0 aliphatic carbocycles. The van der Waals surface area contributed by atoms with E-state index < -0.39 is 35.4 Å². The Morgan fingerprint density at radius 3 is 1.99 bits per heavy atom. The molecule has 0 saturated carbocycles. The van der Waals surface area contributed by atoms with Gasteiger partial charge in [-0.1, -0.05) is 82.9 Å². The fraction of sp³-hybridized carbons (Fsp3) is 0.578. The molecule has 5 N–H and O–H groups in total. The minimum absolute atomic E-state index is 0.00760. The SMILES string of the molecule is Cc1ncsc1-c1ccc(CNC(=O)[C@@H]2C[C@@H](O)CN2C(=O)[C@@H](NC(=O)COCCOCCOCCOCCOCCOCCNC(=O)CCCCCCCCOc2ccc(N3C[C@H]4C[C@@H]3CN4/C=C/C(=O)c3ccccc3O)nc2)C(C)(C)C)cc1. The highest BCUT2D eigenvalue weighted by Gasteiger charge is 2.45. The van der Waals surface area contributed by atoms with Crippen LogP contribution in [0.15, 0.2) is 84.6 Å². The summed E-state index contributed by atoms with van der Waals surface area (Å²) in [6, 6.07) is 17.2. The molecule has 3 fully saturated rings. The highest BCUT2D eigenvalue weighted by molar-refractivity contribution is 7.13. The molecular formula is C64H90N8O14S. The van der Waals surface area contributed by atoms with Gasteiger partial charge in [0.25, 0.3) is 0 Å². The number of nitrogens with zero attached hydrogens (tertiary/aromatic N) is 5. The van der Waals surface area contributed by atoms with Crippen molar-refractivity contribution in [2.45, 2.75) is 122 Å². The van der Waals surface area contributed by atoms with Gasteiger partial charge in [-0.2, -0.15) is 0 Å². The molecule has 0 spiro atoms. The fourth-order valence-corrected chi connectivity index (χ4v) is 11.4. The molecule has 2 bridgehead atoms. The van der Waals surface area contributed by atoms with Gasteiger partial charge in [0.05, 0.1) is 113 Å². The quantitative estimate of drug-likeness (QED) is 0.0194. The Balaban J connectivity index is 0.594. The Hall–Kier alpha value is -6.57. The van der Waals surface area contributed by atoms with Crippen LogP contribution in [-0.4, -0.2) is 202 Å². The number of rotatable bonds is 40. The monoisotopic (exact) mass is 1230 g/mol. The maximum atomic E-state index is 13.9. The number of aryl methyl sites for hydroxylation is 1. The third-order valence-electron chi connectivity index (χ3n) is 15.3. The van der Waals surface area contributed by atoms with Crippen molar-refractivity contribution in [1.82, 2.24) is 35.7 Å². The van der Waals surface area contributed by atoms with Crippen LogP contribution in [0.3, 0.4) is 0 Å². The molecule has 22 nitrogen and oxygen atoms in total. The first kappa shape index (κ1) is 67.9. The number of nitrogens with one attached hydrogen (secondary N) is 3. The summed E-state index contributed by atoms with van der Waals surface area (Å²) in [5.74, 6) is 0.205. The van der Waals surface area contributed by atoms with E-state index in [1.807, 2.05) is 75.8 Å². The number of phenolic OH excluding ortho intramolecular Hbond substituents is 1. The second kappa shape index (κ2) is 36.0. The molecule has 0 radical (unpaired) electrons. The zero-order valence-corrected chi connectivity index (χ0v) is 51.8. The Labute approximate surface area is 515 Å². The number of unbranched alkanes of at least 4 members (excludes halogenated alkanes) is 5. The number of aromatic hydroxyl groups is 1. The average Bonchev–Trinajstić information content (AvgIpc) is 2.47. The number of pyridine rings is 1. The minimum Gasteiger partial charge on any atom is -0.507 e. The second-order valence-corrected chi connectivity index (χ2v) is 23.9. The number of hydrogen-bond donors (Lipinski definition) is 5. The van der Waals surface area contributed by atoms with E-state index in [0.29, 0.717) is 96.7 Å². The summed E-state index contributed by atoms with van der Waals surface area (Å²) in [5.41, 5.74) is 4.31. The number of ketones is 1. The first-order chi connectivity index (χ1) is 42.1. The lowest BCUT2D eigenvalue weighted by atomic mass is 9.85. The molecule has 87 heavy (non-hydrogen) atoms. The number of thiazole rings is 1. The molecule has 3 saturated heterocycles. The third-order valence-corrected chi connectivity index (χ3v) is 16.3. The molecule has 3 aliphatic rings. The number of aliphatic hydroxyl groups is 1. The Morgan fingerprint density at radius 2 is 1.37 bits per heavy atom. The van der Waals surface area contributed by atoms with Crippen LogP contribution in [-0.2, 0) is 54.1 Å². The van der Waals surface area contributed by atoms with Crippen molar-refractivity contribution in [2.75, 3.05) is 117 Å². The van der Waals surface area contributed by atoms with Crippen molar-refractivity contribution in [3.63, 3.8) is 0 Å². The third kappa shape index (κ3) is 22.5. The zero-order valence-electron chi connectivity index (χ0n) is 51.0. The number of aliphatic hydroxyl groups excluding tert-OH is 1. The van der Waals surface area contributed by atoms with E-state index in [1.54, 1.807) is 41.8 Å². The van der Waals surface area contributed by atoms with Crippen LogP contribution in [0.4, 0.5) is 5.82 Å². The number of ether oxygens (including phenoxy) is 7. The molecule has 476 valence electrons. The normalized spacial score (nSPS) is 17.7. The second-order valence-electron chi connectivity index (χ2n) is 23.1. The first-order valence-electron chi connectivity index (χ1n) is 30.5. The molecule has 2 aromatic heterocycles. The summed E-state index contributed by atoms with van der Waals surface area (Å²) in [5, 5.41) is 29.2. The van der Waals surface area contributed by atoms with Gasteiger partial charge >= 0.3 is 0 Å². The molecule has 2 aromatic carbocycles. The van der Waals surface area contributed by atoms with Gasteiger partial charge in [-0.3, -0.25) is 24.0 Å². The van der Waals surface area contributed by atoms with E-state index in [4.69, 9.17) is 33.2 Å². The number of phenols is 1. The molecule has 4 amide bonds. The van der Waals surface area contributed by atoms with Crippen molar-refractivity contribution in [1.29, 1.82) is 0 Å². The van der Waals surface area contributed by atoms with Crippen molar-refractivity contribution in [3.05, 3.63) is 101 Å². The van der Waals surface area contributed by atoms with Crippen LogP contribution in [0, 0.1) is 12.3 Å². The van der Waals surface area contributed by atoms with Crippen molar-refractivity contribution in [2.24, 2.45) is 5.41 Å². The number of allylic oxidation sites excluding steroid dienone is 1. The maximum Gasteiger partial charge on any atom is 0.246 e. The molecular weight excluding hydrogens is 1140 g/mol. The van der Waals surface area contributed by atoms with Gasteiger partial charge in [0.1, 0.15) is 36.0 Å². The largest absolute Gasteiger partial charge is 0.507 e. The van der Waals surface area contributed by atoms with Gasteiger partial charge in [0.15, 0.2) is 5.78 Å².